The van der Waals surface area contributed by atoms with E-state index in [1.54, 1.807) is 6.07 Å². The van der Waals surface area contributed by atoms with Gasteiger partial charge in [-0.05, 0) is 19.1 Å². The van der Waals surface area contributed by atoms with Crippen molar-refractivity contribution in [3.63, 3.8) is 0 Å². The molecule has 56 valence electrons. The lowest BCUT2D eigenvalue weighted by Crippen LogP contribution is -1.87. The molecule has 0 amide bonds. The molecule has 2 nitrogen and oxygen atoms in total. The molecular formula is C8H6FNO. The molecule has 0 atom stereocenters. The van der Waals surface area contributed by atoms with Gasteiger partial charge in [0.25, 0.3) is 0 Å². The van der Waals surface area contributed by atoms with Crippen molar-refractivity contribution < 1.29 is 9.50 Å². The number of phenols is 1. The van der Waals surface area contributed by atoms with Crippen LogP contribution in [-0.4, -0.2) is 5.11 Å². The maximum atomic E-state index is 12.7. The SMILES string of the molecule is Cc1c(F)ccc(O)c1C#N. The highest BCUT2D eigenvalue weighted by Gasteiger charge is 2.07. The standard InChI is InChI=1S/C8H6FNO/c1-5-6(4-10)8(11)3-2-7(5)9/h2-3,11H,1H3. The minimum atomic E-state index is -0.473. The highest BCUT2D eigenvalue weighted by Crippen LogP contribution is 2.21. The molecule has 0 unspecified atom stereocenters. The summed E-state index contributed by atoms with van der Waals surface area (Å²) in [5, 5.41) is 17.5. The van der Waals surface area contributed by atoms with E-state index in [0.29, 0.717) is 0 Å². The number of nitrogens with zero attached hydrogens (tertiary/aromatic N) is 1. The van der Waals surface area contributed by atoms with Gasteiger partial charge in [-0.15, -0.1) is 0 Å². The zero-order valence-electron chi connectivity index (χ0n) is 5.93. The van der Waals surface area contributed by atoms with Crippen LogP contribution in [0, 0.1) is 24.1 Å². The van der Waals surface area contributed by atoms with E-state index in [4.69, 9.17) is 10.4 Å². The second-order valence-corrected chi connectivity index (χ2v) is 2.18. The molecule has 1 aromatic rings. The van der Waals surface area contributed by atoms with Crippen molar-refractivity contribution in [2.75, 3.05) is 0 Å². The van der Waals surface area contributed by atoms with Gasteiger partial charge in [-0.25, -0.2) is 4.39 Å². The van der Waals surface area contributed by atoms with Crippen molar-refractivity contribution in [3.05, 3.63) is 29.1 Å². The van der Waals surface area contributed by atoms with Crippen molar-refractivity contribution in [1.29, 1.82) is 5.26 Å². The molecule has 1 N–H and O–H groups in total. The number of phenolic OH excluding ortho intramolecular Hbond substituents is 1. The van der Waals surface area contributed by atoms with Crippen LogP contribution in [0.4, 0.5) is 4.39 Å². The van der Waals surface area contributed by atoms with E-state index in [-0.39, 0.29) is 16.9 Å². The first kappa shape index (κ1) is 7.55. The smallest absolute Gasteiger partial charge is 0.133 e. The van der Waals surface area contributed by atoms with Crippen molar-refractivity contribution in [2.45, 2.75) is 6.92 Å². The normalized spacial score (nSPS) is 9.18. The van der Waals surface area contributed by atoms with E-state index >= 15 is 0 Å². The molecule has 0 radical (unpaired) electrons. The van der Waals surface area contributed by atoms with Gasteiger partial charge in [0.2, 0.25) is 0 Å². The average molecular weight is 151 g/mol. The predicted molar refractivity (Wildman–Crippen MR) is 37.5 cm³/mol. The van der Waals surface area contributed by atoms with Gasteiger partial charge in [0.05, 0.1) is 5.56 Å². The number of rotatable bonds is 0. The van der Waals surface area contributed by atoms with Crippen molar-refractivity contribution >= 4 is 0 Å². The first-order valence-corrected chi connectivity index (χ1v) is 3.05. The molecule has 0 saturated carbocycles. The fourth-order valence-electron chi connectivity index (χ4n) is 0.813. The molecule has 0 aromatic heterocycles. The number of hydrogen-bond donors (Lipinski definition) is 1. The number of hydrogen-bond acceptors (Lipinski definition) is 2. The zero-order chi connectivity index (χ0) is 8.43. The highest BCUT2D eigenvalue weighted by atomic mass is 19.1. The van der Waals surface area contributed by atoms with Gasteiger partial charge < -0.3 is 5.11 Å². The summed E-state index contributed by atoms with van der Waals surface area (Å²) in [6, 6.07) is 4.01. The molecule has 1 aromatic carbocycles. The van der Waals surface area contributed by atoms with Gasteiger partial charge in [-0.1, -0.05) is 0 Å². The summed E-state index contributed by atoms with van der Waals surface area (Å²) in [5.41, 5.74) is 0.192. The Hall–Kier alpha value is -1.56. The number of halogens is 1. The van der Waals surface area contributed by atoms with Crippen LogP contribution in [0.25, 0.3) is 0 Å². The Morgan fingerprint density at radius 1 is 1.55 bits per heavy atom. The maximum absolute atomic E-state index is 12.7. The van der Waals surface area contributed by atoms with Crippen LogP contribution < -0.4 is 0 Å². The van der Waals surface area contributed by atoms with E-state index in [0.717, 1.165) is 6.07 Å². The van der Waals surface area contributed by atoms with Crippen molar-refractivity contribution in [1.82, 2.24) is 0 Å². The van der Waals surface area contributed by atoms with Gasteiger partial charge in [-0.3, -0.25) is 0 Å². The molecule has 0 aliphatic rings. The topological polar surface area (TPSA) is 44.0 Å². The molecule has 0 spiro atoms. The summed E-state index contributed by atoms with van der Waals surface area (Å²) in [6.07, 6.45) is 0. The van der Waals surface area contributed by atoms with Gasteiger partial charge in [0.1, 0.15) is 17.6 Å². The first-order valence-electron chi connectivity index (χ1n) is 3.05. The van der Waals surface area contributed by atoms with Crippen molar-refractivity contribution in [2.24, 2.45) is 0 Å². The zero-order valence-corrected chi connectivity index (χ0v) is 5.93. The lowest BCUT2D eigenvalue weighted by Gasteiger charge is -1.99. The van der Waals surface area contributed by atoms with Crippen LogP contribution in [0.5, 0.6) is 5.75 Å². The lowest BCUT2D eigenvalue weighted by molar-refractivity contribution is 0.470. The molecule has 0 fully saturated rings. The first-order chi connectivity index (χ1) is 5.16. The third-order valence-corrected chi connectivity index (χ3v) is 1.49. The summed E-state index contributed by atoms with van der Waals surface area (Å²) in [4.78, 5) is 0. The van der Waals surface area contributed by atoms with E-state index in [1.165, 1.54) is 13.0 Å². The average Bonchev–Trinajstić information content (AvgIpc) is 1.99. The van der Waals surface area contributed by atoms with Crippen molar-refractivity contribution in [3.8, 4) is 11.8 Å². The molecule has 0 aliphatic carbocycles. The summed E-state index contributed by atoms with van der Waals surface area (Å²) in [7, 11) is 0. The molecule has 11 heavy (non-hydrogen) atoms. The summed E-state index contributed by atoms with van der Waals surface area (Å²) in [5.74, 6) is -0.647. The van der Waals surface area contributed by atoms with Gasteiger partial charge in [0.15, 0.2) is 0 Å². The fraction of sp³-hybridized carbons (Fsp3) is 0.125. The Labute approximate surface area is 63.5 Å². The second kappa shape index (κ2) is 2.59. The van der Waals surface area contributed by atoms with E-state index in [2.05, 4.69) is 0 Å². The van der Waals surface area contributed by atoms with Gasteiger partial charge in [0, 0.05) is 5.56 Å². The highest BCUT2D eigenvalue weighted by molar-refractivity contribution is 5.47. The number of benzene rings is 1. The molecule has 0 heterocycles. The molecule has 1 rings (SSSR count). The maximum Gasteiger partial charge on any atom is 0.133 e. The fourth-order valence-corrected chi connectivity index (χ4v) is 0.813. The summed E-state index contributed by atoms with van der Waals surface area (Å²) < 4.78 is 12.7. The molecule has 0 bridgehead atoms. The van der Waals surface area contributed by atoms with Crippen LogP contribution >= 0.6 is 0 Å². The lowest BCUT2D eigenvalue weighted by atomic mass is 10.1. The third-order valence-electron chi connectivity index (χ3n) is 1.49. The molecule has 0 saturated heterocycles. The summed E-state index contributed by atoms with van der Waals surface area (Å²) in [6.45, 7) is 1.45. The van der Waals surface area contributed by atoms with Gasteiger partial charge in [-0.2, -0.15) is 5.26 Å². The second-order valence-electron chi connectivity index (χ2n) is 2.18. The van der Waals surface area contributed by atoms with Gasteiger partial charge >= 0.3 is 0 Å². The monoisotopic (exact) mass is 151 g/mol. The minimum Gasteiger partial charge on any atom is -0.507 e. The van der Waals surface area contributed by atoms with Crippen LogP contribution in [0.3, 0.4) is 0 Å². The molecule has 3 heteroatoms. The Bertz CT molecular complexity index is 328. The number of aromatic hydroxyl groups is 1. The Kier molecular flexibility index (Phi) is 1.77. The van der Waals surface area contributed by atoms with Crippen LogP contribution in [0.2, 0.25) is 0 Å². The molecule has 0 aliphatic heterocycles. The minimum absolute atomic E-state index is 0.00463. The predicted octanol–water partition coefficient (Wildman–Crippen LogP) is 1.71. The van der Waals surface area contributed by atoms with Crippen LogP contribution in [0.1, 0.15) is 11.1 Å². The van der Waals surface area contributed by atoms with E-state index in [9.17, 15) is 4.39 Å². The Morgan fingerprint density at radius 3 is 2.64 bits per heavy atom. The van der Waals surface area contributed by atoms with Crippen LogP contribution in [-0.2, 0) is 0 Å². The van der Waals surface area contributed by atoms with E-state index in [1.807, 2.05) is 0 Å². The Morgan fingerprint density at radius 2 is 2.18 bits per heavy atom. The Balaban J connectivity index is 3.44. The van der Waals surface area contributed by atoms with Crippen LogP contribution in [0.15, 0.2) is 12.1 Å². The third kappa shape index (κ3) is 1.15. The molecular weight excluding hydrogens is 145 g/mol. The quantitative estimate of drug-likeness (QED) is 0.613. The number of nitriles is 1. The largest absolute Gasteiger partial charge is 0.507 e. The van der Waals surface area contributed by atoms with E-state index < -0.39 is 5.82 Å². The summed E-state index contributed by atoms with van der Waals surface area (Å²) >= 11 is 0.